The van der Waals surface area contributed by atoms with Crippen molar-refractivity contribution in [3.05, 3.63) is 81.4 Å². The zero-order valence-corrected chi connectivity index (χ0v) is 17.4. The van der Waals surface area contributed by atoms with Crippen LogP contribution in [0.2, 0.25) is 0 Å². The summed E-state index contributed by atoms with van der Waals surface area (Å²) in [5.41, 5.74) is 5.89. The first-order chi connectivity index (χ1) is 13.5. The lowest BCUT2D eigenvalue weighted by molar-refractivity contribution is -0.123. The van der Waals surface area contributed by atoms with E-state index >= 15 is 0 Å². The Morgan fingerprint density at radius 3 is 2.50 bits per heavy atom. The first kappa shape index (κ1) is 19.9. The van der Waals surface area contributed by atoms with Crippen molar-refractivity contribution in [2.45, 2.75) is 6.92 Å². The maximum absolute atomic E-state index is 11.9. The predicted molar refractivity (Wildman–Crippen MR) is 119 cm³/mol. The minimum atomic E-state index is -0.384. The number of carbonyl (C=O) groups is 1. The van der Waals surface area contributed by atoms with Crippen molar-refractivity contribution in [1.82, 2.24) is 5.43 Å². The number of phenols is 1. The zero-order chi connectivity index (χ0) is 19.9. The van der Waals surface area contributed by atoms with Gasteiger partial charge >= 0.3 is 0 Å². The van der Waals surface area contributed by atoms with Crippen LogP contribution in [-0.4, -0.2) is 23.8 Å². The molecule has 0 aromatic heterocycles. The SMILES string of the molecule is Cc1cc(I)cc(/C=N\NC(=O)COc2ccc(-c3ccccc3)cc2)c1O. The Bertz CT molecular complexity index is 987. The first-order valence-electron chi connectivity index (χ1n) is 8.62. The lowest BCUT2D eigenvalue weighted by Crippen LogP contribution is -2.24. The third kappa shape index (κ3) is 5.32. The van der Waals surface area contributed by atoms with Gasteiger partial charge in [0, 0.05) is 9.13 Å². The number of rotatable bonds is 6. The van der Waals surface area contributed by atoms with E-state index in [0.29, 0.717) is 11.3 Å². The van der Waals surface area contributed by atoms with Gasteiger partial charge in [-0.25, -0.2) is 5.43 Å². The monoisotopic (exact) mass is 486 g/mol. The van der Waals surface area contributed by atoms with Crippen LogP contribution in [0.4, 0.5) is 0 Å². The highest BCUT2D eigenvalue weighted by Crippen LogP contribution is 2.23. The van der Waals surface area contributed by atoms with Gasteiger partial charge in [0.1, 0.15) is 11.5 Å². The van der Waals surface area contributed by atoms with E-state index in [1.54, 1.807) is 6.07 Å². The summed E-state index contributed by atoms with van der Waals surface area (Å²) in [6.45, 7) is 1.66. The molecule has 6 heteroatoms. The fraction of sp³-hybridized carbons (Fsp3) is 0.0909. The topological polar surface area (TPSA) is 70.9 Å². The molecule has 28 heavy (non-hydrogen) atoms. The summed E-state index contributed by atoms with van der Waals surface area (Å²) in [7, 11) is 0. The molecular formula is C22H19IN2O3. The Morgan fingerprint density at radius 2 is 1.79 bits per heavy atom. The molecule has 0 aliphatic carbocycles. The number of aromatic hydroxyl groups is 1. The fourth-order valence-corrected chi connectivity index (χ4v) is 3.39. The van der Waals surface area contributed by atoms with Crippen LogP contribution in [0.1, 0.15) is 11.1 Å². The number of nitrogens with one attached hydrogen (secondary N) is 1. The molecule has 0 spiro atoms. The van der Waals surface area contributed by atoms with Crippen molar-refractivity contribution >= 4 is 34.7 Å². The summed E-state index contributed by atoms with van der Waals surface area (Å²) in [5, 5.41) is 13.9. The molecule has 0 aliphatic heterocycles. The van der Waals surface area contributed by atoms with Crippen LogP contribution in [0, 0.1) is 10.5 Å². The molecule has 5 nitrogen and oxygen atoms in total. The summed E-state index contributed by atoms with van der Waals surface area (Å²) >= 11 is 2.16. The highest BCUT2D eigenvalue weighted by molar-refractivity contribution is 14.1. The van der Waals surface area contributed by atoms with Gasteiger partial charge in [-0.15, -0.1) is 0 Å². The lowest BCUT2D eigenvalue weighted by Gasteiger charge is -2.07. The summed E-state index contributed by atoms with van der Waals surface area (Å²) in [6.07, 6.45) is 1.41. The van der Waals surface area contributed by atoms with Crippen molar-refractivity contribution in [2.75, 3.05) is 6.61 Å². The van der Waals surface area contributed by atoms with E-state index in [-0.39, 0.29) is 18.3 Å². The number of aryl methyl sites for hydroxylation is 1. The largest absolute Gasteiger partial charge is 0.507 e. The van der Waals surface area contributed by atoms with Crippen LogP contribution in [0.5, 0.6) is 11.5 Å². The normalized spacial score (nSPS) is 10.8. The number of halogens is 1. The molecule has 0 atom stereocenters. The van der Waals surface area contributed by atoms with Gasteiger partial charge in [0.05, 0.1) is 6.21 Å². The van der Waals surface area contributed by atoms with Gasteiger partial charge in [-0.3, -0.25) is 4.79 Å². The van der Waals surface area contributed by atoms with E-state index in [4.69, 9.17) is 4.74 Å². The maximum Gasteiger partial charge on any atom is 0.277 e. The molecule has 0 saturated heterocycles. The van der Waals surface area contributed by atoms with Gasteiger partial charge in [0.25, 0.3) is 5.91 Å². The molecule has 0 saturated carbocycles. The van der Waals surface area contributed by atoms with Crippen molar-refractivity contribution in [1.29, 1.82) is 0 Å². The van der Waals surface area contributed by atoms with Crippen molar-refractivity contribution in [3.63, 3.8) is 0 Å². The second-order valence-corrected chi connectivity index (χ2v) is 7.38. The summed E-state index contributed by atoms with van der Waals surface area (Å²) in [4.78, 5) is 11.9. The number of carbonyl (C=O) groups excluding carboxylic acids is 1. The van der Waals surface area contributed by atoms with Gasteiger partial charge in [-0.05, 0) is 70.5 Å². The van der Waals surface area contributed by atoms with Crippen LogP contribution < -0.4 is 10.2 Å². The molecule has 142 valence electrons. The van der Waals surface area contributed by atoms with Crippen molar-refractivity contribution in [3.8, 4) is 22.6 Å². The average molecular weight is 486 g/mol. The Hall–Kier alpha value is -2.87. The number of hydrazone groups is 1. The molecule has 1 amide bonds. The lowest BCUT2D eigenvalue weighted by atomic mass is 10.1. The predicted octanol–water partition coefficient (Wildman–Crippen LogP) is 4.50. The smallest absolute Gasteiger partial charge is 0.277 e. The summed E-state index contributed by atoms with van der Waals surface area (Å²) in [6, 6.07) is 21.2. The molecule has 3 aromatic rings. The van der Waals surface area contributed by atoms with Crippen LogP contribution in [0.3, 0.4) is 0 Å². The van der Waals surface area contributed by atoms with Crippen molar-refractivity contribution in [2.24, 2.45) is 5.10 Å². The molecule has 0 radical (unpaired) electrons. The van der Waals surface area contributed by atoms with Crippen LogP contribution in [0.15, 0.2) is 71.8 Å². The molecular weight excluding hydrogens is 467 g/mol. The van der Waals surface area contributed by atoms with Crippen LogP contribution in [0.25, 0.3) is 11.1 Å². The van der Waals surface area contributed by atoms with Crippen LogP contribution >= 0.6 is 22.6 Å². The van der Waals surface area contributed by atoms with Gasteiger partial charge in [0.15, 0.2) is 6.61 Å². The Morgan fingerprint density at radius 1 is 1.11 bits per heavy atom. The molecule has 0 fully saturated rings. The van der Waals surface area contributed by atoms with E-state index in [1.807, 2.05) is 67.6 Å². The molecule has 3 aromatic carbocycles. The Balaban J connectivity index is 1.52. The highest BCUT2D eigenvalue weighted by atomic mass is 127. The molecule has 0 unspecified atom stereocenters. The van der Waals surface area contributed by atoms with Gasteiger partial charge < -0.3 is 9.84 Å². The quantitative estimate of drug-likeness (QED) is 0.306. The Labute approximate surface area is 177 Å². The van der Waals surface area contributed by atoms with Gasteiger partial charge in [0.2, 0.25) is 0 Å². The minimum absolute atomic E-state index is 0.146. The number of benzene rings is 3. The summed E-state index contributed by atoms with van der Waals surface area (Å²) < 4.78 is 6.46. The van der Waals surface area contributed by atoms with E-state index < -0.39 is 0 Å². The van der Waals surface area contributed by atoms with E-state index in [0.717, 1.165) is 20.3 Å². The number of hydrogen-bond acceptors (Lipinski definition) is 4. The van der Waals surface area contributed by atoms with Crippen molar-refractivity contribution < 1.29 is 14.6 Å². The highest BCUT2D eigenvalue weighted by Gasteiger charge is 2.05. The van der Waals surface area contributed by atoms with E-state index in [2.05, 4.69) is 33.1 Å². The summed E-state index contributed by atoms with van der Waals surface area (Å²) in [5.74, 6) is 0.364. The fourth-order valence-electron chi connectivity index (χ4n) is 2.59. The number of hydrogen-bond donors (Lipinski definition) is 2. The van der Waals surface area contributed by atoms with Gasteiger partial charge in [-0.2, -0.15) is 5.10 Å². The number of phenolic OH excluding ortho intramolecular Hbond substituents is 1. The third-order valence-electron chi connectivity index (χ3n) is 4.02. The molecule has 0 heterocycles. The second kappa shape index (κ2) is 9.36. The number of ether oxygens (including phenoxy) is 1. The molecule has 2 N–H and O–H groups in total. The zero-order valence-electron chi connectivity index (χ0n) is 15.2. The van der Waals surface area contributed by atoms with E-state index in [1.165, 1.54) is 6.21 Å². The average Bonchev–Trinajstić information content (AvgIpc) is 2.71. The van der Waals surface area contributed by atoms with E-state index in [9.17, 15) is 9.90 Å². The molecule has 0 aliphatic rings. The minimum Gasteiger partial charge on any atom is -0.507 e. The number of amides is 1. The maximum atomic E-state index is 11.9. The van der Waals surface area contributed by atoms with Crippen LogP contribution in [-0.2, 0) is 4.79 Å². The molecule has 3 rings (SSSR count). The first-order valence-corrected chi connectivity index (χ1v) is 9.70. The molecule has 0 bridgehead atoms. The third-order valence-corrected chi connectivity index (χ3v) is 4.64. The standard InChI is InChI=1S/C22H19IN2O3/c1-15-11-19(23)12-18(22(15)27)13-24-25-21(26)14-28-20-9-7-17(8-10-20)16-5-3-2-4-6-16/h2-13,27H,14H2,1H3,(H,25,26)/b24-13-. The Kier molecular flexibility index (Phi) is 6.65. The second-order valence-electron chi connectivity index (χ2n) is 6.13. The van der Waals surface area contributed by atoms with Gasteiger partial charge in [-0.1, -0.05) is 42.5 Å². The number of nitrogens with zero attached hydrogens (tertiary/aromatic N) is 1.